The summed E-state index contributed by atoms with van der Waals surface area (Å²) in [7, 11) is 0. The Hall–Kier alpha value is -1.55. The third-order valence-electron chi connectivity index (χ3n) is 4.49. The zero-order valence-corrected chi connectivity index (χ0v) is 21.1. The summed E-state index contributed by atoms with van der Waals surface area (Å²) in [6.07, 6.45) is 3.19. The van der Waals surface area contributed by atoms with Gasteiger partial charge in [0.25, 0.3) is 0 Å². The van der Waals surface area contributed by atoms with Crippen LogP contribution in [0.3, 0.4) is 0 Å². The van der Waals surface area contributed by atoms with Gasteiger partial charge in [0.1, 0.15) is 0 Å². The number of nitrogens with zero attached hydrogens (tertiary/aromatic N) is 2. The Morgan fingerprint density at radius 1 is 0.633 bits per heavy atom. The Morgan fingerprint density at radius 3 is 1.37 bits per heavy atom. The number of ketones is 1. The van der Waals surface area contributed by atoms with Crippen LogP contribution in [0.5, 0.6) is 0 Å². The molecular formula is C23H12Cl2I2N2O. The quantitative estimate of drug-likeness (QED) is 0.168. The average molecular weight is 657 g/mol. The predicted molar refractivity (Wildman–Crippen MR) is 138 cm³/mol. The maximum Gasteiger partial charge on any atom is 0.200 e. The first kappa shape index (κ1) is 21.7. The van der Waals surface area contributed by atoms with Crippen LogP contribution in [0.25, 0.3) is 22.5 Å². The van der Waals surface area contributed by atoms with Crippen molar-refractivity contribution in [2.75, 3.05) is 0 Å². The largest absolute Gasteiger partial charge is 0.288 e. The van der Waals surface area contributed by atoms with Crippen molar-refractivity contribution in [3.05, 3.63) is 101 Å². The molecule has 3 nitrogen and oxygen atoms in total. The fourth-order valence-electron chi connectivity index (χ4n) is 3.09. The minimum atomic E-state index is -0.312. The Bertz CT molecular complexity index is 1150. The van der Waals surface area contributed by atoms with E-state index in [1.807, 2.05) is 48.5 Å². The van der Waals surface area contributed by atoms with Gasteiger partial charge < -0.3 is 0 Å². The lowest BCUT2D eigenvalue weighted by molar-refractivity contribution is 0.103. The van der Waals surface area contributed by atoms with Gasteiger partial charge in [-0.1, -0.05) is 47.5 Å². The molecule has 0 fully saturated rings. The van der Waals surface area contributed by atoms with E-state index < -0.39 is 0 Å². The Balaban J connectivity index is 1.91. The lowest BCUT2D eigenvalue weighted by Crippen LogP contribution is -2.09. The van der Waals surface area contributed by atoms with E-state index in [0.29, 0.717) is 32.6 Å². The molecule has 0 aliphatic rings. The number of rotatable bonds is 4. The summed E-state index contributed by atoms with van der Waals surface area (Å²) in [4.78, 5) is 22.7. The monoisotopic (exact) mass is 656 g/mol. The summed E-state index contributed by atoms with van der Waals surface area (Å²) in [5.41, 5.74) is 3.24. The molecular weight excluding hydrogens is 645 g/mol. The predicted octanol–water partition coefficient (Wildman–Crippen LogP) is 7.56. The Morgan fingerprint density at radius 2 is 1.00 bits per heavy atom. The number of halogens is 4. The molecule has 148 valence electrons. The summed E-state index contributed by atoms with van der Waals surface area (Å²) in [5, 5.41) is 0.633. The number of benzene rings is 2. The van der Waals surface area contributed by atoms with Crippen LogP contribution in [0, 0.1) is 7.14 Å². The van der Waals surface area contributed by atoms with Crippen LogP contribution < -0.4 is 0 Å². The van der Waals surface area contributed by atoms with Crippen LogP contribution in [-0.4, -0.2) is 15.8 Å². The molecule has 0 saturated heterocycles. The molecule has 0 amide bonds. The van der Waals surface area contributed by atoms with Crippen LogP contribution in [0.1, 0.15) is 15.9 Å². The molecule has 4 rings (SSSR count). The molecule has 0 radical (unpaired) electrons. The molecule has 0 aliphatic carbocycles. The number of hydrogen-bond acceptors (Lipinski definition) is 3. The molecule has 4 aromatic rings. The van der Waals surface area contributed by atoms with E-state index in [2.05, 4.69) is 55.1 Å². The van der Waals surface area contributed by atoms with Gasteiger partial charge in [0.2, 0.25) is 0 Å². The van der Waals surface area contributed by atoms with E-state index in [9.17, 15) is 4.79 Å². The molecule has 0 aliphatic heterocycles. The Labute approximate surface area is 211 Å². The maximum atomic E-state index is 13.8. The zero-order chi connectivity index (χ0) is 21.3. The number of carbonyl (C=O) groups is 1. The first-order valence-corrected chi connectivity index (χ1v) is 11.7. The van der Waals surface area contributed by atoms with Gasteiger partial charge in [0.15, 0.2) is 5.78 Å². The van der Waals surface area contributed by atoms with Crippen molar-refractivity contribution in [1.29, 1.82) is 0 Å². The van der Waals surface area contributed by atoms with E-state index in [4.69, 9.17) is 23.2 Å². The summed E-state index contributed by atoms with van der Waals surface area (Å²) in [6, 6.07) is 18.7. The Kier molecular flexibility index (Phi) is 6.72. The smallest absolute Gasteiger partial charge is 0.200 e. The molecule has 30 heavy (non-hydrogen) atoms. The van der Waals surface area contributed by atoms with Gasteiger partial charge in [0.05, 0.1) is 32.6 Å². The summed E-state index contributed by atoms with van der Waals surface area (Å²) < 4.78 is 2.17. The van der Waals surface area contributed by atoms with Crippen LogP contribution >= 0.6 is 68.4 Å². The van der Waals surface area contributed by atoms with E-state index >= 15 is 0 Å². The number of aromatic nitrogens is 2. The van der Waals surface area contributed by atoms with Crippen molar-refractivity contribution in [2.45, 2.75) is 0 Å². The van der Waals surface area contributed by atoms with Crippen LogP contribution in [0.2, 0.25) is 10.0 Å². The molecule has 0 spiro atoms. The molecule has 2 aromatic carbocycles. The van der Waals surface area contributed by atoms with Crippen molar-refractivity contribution in [3.8, 4) is 22.5 Å². The highest BCUT2D eigenvalue weighted by molar-refractivity contribution is 14.1. The van der Waals surface area contributed by atoms with Crippen molar-refractivity contribution in [1.82, 2.24) is 9.97 Å². The molecule has 7 heteroatoms. The second-order valence-corrected chi connectivity index (χ2v) is 9.68. The highest BCUT2D eigenvalue weighted by Gasteiger charge is 2.25. The highest BCUT2D eigenvalue weighted by Crippen LogP contribution is 2.35. The van der Waals surface area contributed by atoms with Crippen LogP contribution in [0.4, 0.5) is 0 Å². The SMILES string of the molecule is O=C(c1c(Cl)ccnc1-c1ccc(I)cc1)c1c(Cl)ccnc1-c1ccc(I)cc1. The standard InChI is InChI=1S/C23H12Cl2I2N2O/c24-17-9-11-28-21(13-1-5-15(26)6-2-13)19(17)23(30)20-18(25)10-12-29-22(20)14-3-7-16(27)8-4-14/h1-12H. The molecule has 0 unspecified atom stereocenters. The summed E-state index contributed by atoms with van der Waals surface area (Å²) >= 11 is 17.5. The fourth-order valence-corrected chi connectivity index (χ4v) is 4.27. The van der Waals surface area contributed by atoms with Crippen molar-refractivity contribution >= 4 is 74.2 Å². The first-order valence-electron chi connectivity index (χ1n) is 8.81. The third-order valence-corrected chi connectivity index (χ3v) is 6.56. The van der Waals surface area contributed by atoms with E-state index in [0.717, 1.165) is 18.3 Å². The van der Waals surface area contributed by atoms with Gasteiger partial charge in [-0.15, -0.1) is 0 Å². The summed E-state index contributed by atoms with van der Waals surface area (Å²) in [6.45, 7) is 0. The fraction of sp³-hybridized carbons (Fsp3) is 0. The van der Waals surface area contributed by atoms with E-state index in [1.165, 1.54) is 0 Å². The minimum Gasteiger partial charge on any atom is -0.288 e. The van der Waals surface area contributed by atoms with Gasteiger partial charge >= 0.3 is 0 Å². The van der Waals surface area contributed by atoms with E-state index in [1.54, 1.807) is 24.5 Å². The summed E-state index contributed by atoms with van der Waals surface area (Å²) in [5.74, 6) is -0.312. The second-order valence-electron chi connectivity index (χ2n) is 6.38. The van der Waals surface area contributed by atoms with Gasteiger partial charge in [0, 0.05) is 30.7 Å². The maximum absolute atomic E-state index is 13.8. The average Bonchev–Trinajstić information content (AvgIpc) is 2.74. The number of carbonyl (C=O) groups excluding carboxylic acids is 1. The van der Waals surface area contributed by atoms with Crippen molar-refractivity contribution in [2.24, 2.45) is 0 Å². The molecule has 0 saturated carbocycles. The van der Waals surface area contributed by atoms with Gasteiger partial charge in [-0.2, -0.15) is 0 Å². The van der Waals surface area contributed by atoms with Crippen LogP contribution in [0.15, 0.2) is 73.1 Å². The highest BCUT2D eigenvalue weighted by atomic mass is 127. The second kappa shape index (κ2) is 9.30. The van der Waals surface area contributed by atoms with Crippen molar-refractivity contribution in [3.63, 3.8) is 0 Å². The van der Waals surface area contributed by atoms with Crippen LogP contribution in [-0.2, 0) is 0 Å². The molecule has 2 aromatic heterocycles. The minimum absolute atomic E-state index is 0.307. The van der Waals surface area contributed by atoms with E-state index in [-0.39, 0.29) is 5.78 Å². The molecule has 2 heterocycles. The topological polar surface area (TPSA) is 42.9 Å². The van der Waals surface area contributed by atoms with Gasteiger partial charge in [-0.3, -0.25) is 14.8 Å². The molecule has 0 bridgehead atoms. The lowest BCUT2D eigenvalue weighted by atomic mass is 9.95. The zero-order valence-electron chi connectivity index (χ0n) is 15.2. The number of hydrogen-bond donors (Lipinski definition) is 0. The molecule has 0 atom stereocenters. The van der Waals surface area contributed by atoms with Gasteiger partial charge in [-0.05, 0) is 81.6 Å². The van der Waals surface area contributed by atoms with Crippen molar-refractivity contribution < 1.29 is 4.79 Å². The van der Waals surface area contributed by atoms with Gasteiger partial charge in [-0.25, -0.2) is 0 Å². The third kappa shape index (κ3) is 4.39. The normalized spacial score (nSPS) is 10.8. The first-order chi connectivity index (χ1) is 14.5. The molecule has 0 N–H and O–H groups in total. The number of pyridine rings is 2. The lowest BCUT2D eigenvalue weighted by Gasteiger charge is -2.14.